The van der Waals surface area contributed by atoms with E-state index in [-0.39, 0.29) is 21.1 Å². The fourth-order valence-corrected chi connectivity index (χ4v) is 8.64. The molecule has 6 heteroatoms. The van der Waals surface area contributed by atoms with Crippen molar-refractivity contribution in [3.8, 4) is 5.69 Å². The van der Waals surface area contributed by atoms with Crippen molar-refractivity contribution in [1.82, 2.24) is 4.57 Å². The summed E-state index contributed by atoms with van der Waals surface area (Å²) in [6.45, 7) is -1.52. The molecule has 0 N–H and O–H groups in total. The third-order valence-corrected chi connectivity index (χ3v) is 10.8. The number of nitrogens with zero attached hydrogens (tertiary/aromatic N) is 5. The maximum atomic E-state index is 8.38. The Morgan fingerprint density at radius 3 is 1.85 bits per heavy atom. The van der Waals surface area contributed by atoms with Crippen LogP contribution in [0, 0.1) is 25.5 Å². The Hall–Kier alpha value is -5.77. The Morgan fingerprint density at radius 1 is 0.528 bits per heavy atom. The van der Waals surface area contributed by atoms with Crippen molar-refractivity contribution in [2.45, 2.75) is 5.41 Å². The van der Waals surface area contributed by atoms with Crippen LogP contribution in [0.5, 0.6) is 0 Å². The van der Waals surface area contributed by atoms with E-state index < -0.39 is 19.4 Å². The molecule has 3 aliphatic rings. The van der Waals surface area contributed by atoms with Gasteiger partial charge in [0.05, 0.1) is 0 Å². The van der Waals surface area contributed by atoms with Crippen molar-refractivity contribution in [1.29, 1.82) is 0 Å². The number of para-hydroxylation sites is 6. The van der Waals surface area contributed by atoms with E-state index in [4.69, 9.17) is 8.22 Å². The second-order valence-corrected chi connectivity index (χ2v) is 13.4. The summed E-state index contributed by atoms with van der Waals surface area (Å²) in [5, 5.41) is 2.24. The van der Waals surface area contributed by atoms with Crippen molar-refractivity contribution in [3.05, 3.63) is 199 Å². The molecule has 11 rings (SSSR count). The van der Waals surface area contributed by atoms with E-state index in [1.165, 1.54) is 9.80 Å². The van der Waals surface area contributed by atoms with E-state index >= 15 is 0 Å². The van der Waals surface area contributed by atoms with Crippen LogP contribution in [-0.4, -0.2) is 18.5 Å². The van der Waals surface area contributed by atoms with E-state index in [0.717, 1.165) is 61.1 Å². The topological polar surface area (TPSA) is 17.9 Å². The van der Waals surface area contributed by atoms with Gasteiger partial charge in [0.2, 0.25) is 0 Å². The van der Waals surface area contributed by atoms with Crippen LogP contribution < -0.4 is 19.6 Å². The minimum Gasteiger partial charge on any atom is -0.504 e. The third-order valence-electron chi connectivity index (χ3n) is 10.8. The molecule has 3 aliphatic heterocycles. The van der Waals surface area contributed by atoms with Crippen molar-refractivity contribution in [3.63, 3.8) is 0 Å². The molecule has 0 spiro atoms. The number of hydrogen-bond donors (Lipinski definition) is 0. The number of aromatic nitrogens is 1. The quantitative estimate of drug-likeness (QED) is 0.164. The minimum atomic E-state index is -2.41. The fraction of sp³-hybridized carbons (Fsp3) is 0.0638. The first-order valence-corrected chi connectivity index (χ1v) is 17.3. The SMILES string of the molecule is [2H]C([2H])([2H])N1[CH-]N(c2[c-]c(C3(c4ccccc4)c4[c-]c(N5[CH-]N(C([2H])([2H])[2H])c6ccccc65)ccc4-n4c5ccccc5c5cccc3c54)ccc2)c2ccccc21.[Pt+4]. The summed E-state index contributed by atoms with van der Waals surface area (Å²) in [6, 6.07) is 58.3. The summed E-state index contributed by atoms with van der Waals surface area (Å²) in [5.41, 5.74) is 9.79. The Balaban J connectivity index is 0.00000420. The van der Waals surface area contributed by atoms with Gasteiger partial charge in [0.25, 0.3) is 0 Å². The van der Waals surface area contributed by atoms with Gasteiger partial charge in [-0.15, -0.1) is 34.6 Å². The number of anilines is 6. The molecule has 8 aromatic rings. The zero-order chi connectivity index (χ0) is 39.6. The Morgan fingerprint density at radius 2 is 1.13 bits per heavy atom. The third kappa shape index (κ3) is 4.35. The molecule has 0 amide bonds. The Bertz CT molecular complexity index is 2940. The number of fused-ring (bicyclic) bond motifs is 7. The van der Waals surface area contributed by atoms with Gasteiger partial charge in [0.1, 0.15) is 0 Å². The summed E-state index contributed by atoms with van der Waals surface area (Å²) in [6.07, 6.45) is 0. The summed E-state index contributed by atoms with van der Waals surface area (Å²) in [7, 11) is 0. The van der Waals surface area contributed by atoms with Crippen LogP contribution in [0.3, 0.4) is 0 Å². The van der Waals surface area contributed by atoms with Gasteiger partial charge in [-0.2, -0.15) is 43.7 Å². The molecular formula is C47H33N5Pt. The zero-order valence-electron chi connectivity index (χ0n) is 34.1. The van der Waals surface area contributed by atoms with Crippen molar-refractivity contribution in [2.24, 2.45) is 0 Å². The van der Waals surface area contributed by atoms with Crippen LogP contribution in [-0.2, 0) is 26.5 Å². The van der Waals surface area contributed by atoms with Crippen LogP contribution in [0.2, 0.25) is 0 Å². The van der Waals surface area contributed by atoms with Gasteiger partial charge in [-0.3, -0.25) is 0 Å². The van der Waals surface area contributed by atoms with Crippen LogP contribution in [0.15, 0.2) is 152 Å². The van der Waals surface area contributed by atoms with E-state index in [2.05, 4.69) is 83.4 Å². The van der Waals surface area contributed by atoms with Gasteiger partial charge in [0.15, 0.2) is 0 Å². The summed E-state index contributed by atoms with van der Waals surface area (Å²) < 4.78 is 52.5. The second kappa shape index (κ2) is 11.9. The summed E-state index contributed by atoms with van der Waals surface area (Å²) in [4.78, 5) is 6.46. The van der Waals surface area contributed by atoms with Gasteiger partial charge in [-0.05, 0) is 55.4 Å². The molecule has 0 aliphatic carbocycles. The van der Waals surface area contributed by atoms with Gasteiger partial charge in [0, 0.05) is 58.2 Å². The maximum absolute atomic E-state index is 8.38. The van der Waals surface area contributed by atoms with E-state index in [0.29, 0.717) is 22.7 Å². The van der Waals surface area contributed by atoms with Crippen LogP contribution >= 0.6 is 0 Å². The zero-order valence-corrected chi connectivity index (χ0v) is 30.4. The molecule has 7 aromatic carbocycles. The monoisotopic (exact) mass is 868 g/mol. The van der Waals surface area contributed by atoms with Crippen LogP contribution in [0.1, 0.15) is 30.5 Å². The van der Waals surface area contributed by atoms with Gasteiger partial charge < -0.3 is 24.2 Å². The molecule has 0 radical (unpaired) electrons. The van der Waals surface area contributed by atoms with Crippen LogP contribution in [0.25, 0.3) is 27.5 Å². The normalized spacial score (nSPS) is 19.0. The summed E-state index contributed by atoms with van der Waals surface area (Å²) >= 11 is 0. The minimum absolute atomic E-state index is 0. The molecule has 0 saturated carbocycles. The van der Waals surface area contributed by atoms with E-state index in [9.17, 15) is 0 Å². The predicted molar refractivity (Wildman–Crippen MR) is 213 cm³/mol. The summed E-state index contributed by atoms with van der Waals surface area (Å²) in [5.74, 6) is 0. The first kappa shape index (κ1) is 26.1. The fourth-order valence-electron chi connectivity index (χ4n) is 8.64. The van der Waals surface area contributed by atoms with Crippen molar-refractivity contribution < 1.29 is 29.3 Å². The largest absolute Gasteiger partial charge is 4.00 e. The first-order chi connectivity index (χ1) is 28.0. The molecule has 5 nitrogen and oxygen atoms in total. The van der Waals surface area contributed by atoms with E-state index in [1.54, 1.807) is 13.3 Å². The number of hydrogen-bond acceptors (Lipinski definition) is 4. The Kier molecular flexibility index (Phi) is 5.84. The second-order valence-electron chi connectivity index (χ2n) is 13.4. The van der Waals surface area contributed by atoms with Gasteiger partial charge in [-0.1, -0.05) is 96.7 Å². The van der Waals surface area contributed by atoms with E-state index in [1.807, 2.05) is 94.7 Å². The molecule has 1 atom stereocenters. The molecule has 1 unspecified atom stereocenters. The molecule has 4 heterocycles. The smallest absolute Gasteiger partial charge is 0.504 e. The standard InChI is InChI=1S/C47H33N5.Pt/c1-48-30-50(44-24-10-8-22-42(44)48)34-17-12-16-33(28-34)47(32-14-4-3-5-15-32)38-20-13-19-37-36-18-6-7-21-40(36)52(46(37)38)41-27-26-35(29-39(41)47)51-31-49(2)43-23-9-11-25-45(43)51;/h3-27,30-31H,1-2H3;/q-4;+4/i1D3,2D3;. The average molecular weight is 869 g/mol. The molecular weight excluding hydrogens is 830 g/mol. The molecule has 53 heavy (non-hydrogen) atoms. The maximum Gasteiger partial charge on any atom is 4.00 e. The molecule has 0 bridgehead atoms. The molecule has 1 aromatic heterocycles. The van der Waals surface area contributed by atoms with Gasteiger partial charge in [-0.25, -0.2) is 0 Å². The molecule has 0 saturated heterocycles. The number of benzene rings is 7. The van der Waals surface area contributed by atoms with Crippen LogP contribution in [0.4, 0.5) is 34.1 Å². The Labute approximate surface area is 332 Å². The number of rotatable bonds is 4. The first-order valence-electron chi connectivity index (χ1n) is 20.3. The molecule has 256 valence electrons. The van der Waals surface area contributed by atoms with Gasteiger partial charge >= 0.3 is 21.1 Å². The molecule has 0 fully saturated rings. The predicted octanol–water partition coefficient (Wildman–Crippen LogP) is 10.5. The van der Waals surface area contributed by atoms with Crippen molar-refractivity contribution in [2.75, 3.05) is 33.6 Å². The average Bonchev–Trinajstić information content (AvgIpc) is 3.93. The van der Waals surface area contributed by atoms with Crippen molar-refractivity contribution >= 4 is 55.9 Å².